The molecule has 0 aliphatic heterocycles. The second-order valence-electron chi connectivity index (χ2n) is 5.14. The molecule has 0 aliphatic rings. The van der Waals surface area contributed by atoms with E-state index in [2.05, 4.69) is 20.5 Å². The Bertz CT molecular complexity index is 893. The SMILES string of the molecule is CC(NCc1c[nH]c(=O)c2ccccc12)c1ccc(=O)[nH]n1. The summed E-state index contributed by atoms with van der Waals surface area (Å²) in [7, 11) is 0. The van der Waals surface area contributed by atoms with Crippen LogP contribution >= 0.6 is 0 Å². The number of aromatic amines is 2. The molecule has 3 N–H and O–H groups in total. The number of pyridine rings is 1. The van der Waals surface area contributed by atoms with Crippen LogP contribution in [0.25, 0.3) is 10.8 Å². The monoisotopic (exact) mass is 296 g/mol. The Balaban J connectivity index is 1.82. The molecule has 3 aromatic rings. The summed E-state index contributed by atoms with van der Waals surface area (Å²) in [5.74, 6) is 0. The van der Waals surface area contributed by atoms with Crippen LogP contribution in [-0.4, -0.2) is 15.2 Å². The predicted octanol–water partition coefficient (Wildman–Crippen LogP) is 1.46. The lowest BCUT2D eigenvalue weighted by atomic mass is 10.1. The normalized spacial score (nSPS) is 12.4. The van der Waals surface area contributed by atoms with Crippen molar-refractivity contribution < 1.29 is 0 Å². The third-order valence-electron chi connectivity index (χ3n) is 3.64. The molecule has 6 nitrogen and oxygen atoms in total. The molecule has 0 saturated carbocycles. The van der Waals surface area contributed by atoms with Gasteiger partial charge in [0.1, 0.15) is 0 Å². The van der Waals surface area contributed by atoms with E-state index in [0.717, 1.165) is 16.6 Å². The highest BCUT2D eigenvalue weighted by molar-refractivity contribution is 5.84. The maximum Gasteiger partial charge on any atom is 0.264 e. The van der Waals surface area contributed by atoms with Gasteiger partial charge in [0, 0.05) is 30.2 Å². The molecule has 1 aromatic carbocycles. The Morgan fingerprint density at radius 2 is 1.91 bits per heavy atom. The zero-order valence-electron chi connectivity index (χ0n) is 12.1. The van der Waals surface area contributed by atoms with Gasteiger partial charge in [-0.2, -0.15) is 5.10 Å². The number of rotatable bonds is 4. The Hall–Kier alpha value is -2.73. The molecule has 0 radical (unpaired) electrons. The summed E-state index contributed by atoms with van der Waals surface area (Å²) in [4.78, 5) is 25.6. The van der Waals surface area contributed by atoms with Crippen molar-refractivity contribution in [2.45, 2.75) is 19.5 Å². The molecule has 0 saturated heterocycles. The van der Waals surface area contributed by atoms with Crippen molar-refractivity contribution >= 4 is 10.8 Å². The zero-order valence-corrected chi connectivity index (χ0v) is 12.1. The first-order valence-corrected chi connectivity index (χ1v) is 7.03. The lowest BCUT2D eigenvalue weighted by Gasteiger charge is -2.13. The van der Waals surface area contributed by atoms with Crippen molar-refractivity contribution in [1.29, 1.82) is 0 Å². The largest absolute Gasteiger partial charge is 0.328 e. The molecule has 112 valence electrons. The first-order valence-electron chi connectivity index (χ1n) is 7.03. The van der Waals surface area contributed by atoms with Gasteiger partial charge < -0.3 is 10.3 Å². The molecule has 1 unspecified atom stereocenters. The third-order valence-corrected chi connectivity index (χ3v) is 3.64. The van der Waals surface area contributed by atoms with Crippen molar-refractivity contribution in [2.24, 2.45) is 0 Å². The minimum Gasteiger partial charge on any atom is -0.328 e. The highest BCUT2D eigenvalue weighted by atomic mass is 16.1. The lowest BCUT2D eigenvalue weighted by molar-refractivity contribution is 0.554. The molecule has 0 amide bonds. The second kappa shape index (κ2) is 5.95. The molecule has 1 atom stereocenters. The number of H-pyrrole nitrogens is 2. The van der Waals surface area contributed by atoms with Gasteiger partial charge in [-0.1, -0.05) is 18.2 Å². The fourth-order valence-electron chi connectivity index (χ4n) is 2.38. The number of benzene rings is 1. The summed E-state index contributed by atoms with van der Waals surface area (Å²) >= 11 is 0. The van der Waals surface area contributed by atoms with Gasteiger partial charge in [-0.3, -0.25) is 9.59 Å². The molecule has 2 aromatic heterocycles. The Morgan fingerprint density at radius 1 is 1.14 bits per heavy atom. The number of nitrogens with zero attached hydrogens (tertiary/aromatic N) is 1. The molecule has 2 heterocycles. The van der Waals surface area contributed by atoms with E-state index in [0.29, 0.717) is 11.9 Å². The van der Waals surface area contributed by atoms with E-state index < -0.39 is 0 Å². The average Bonchev–Trinajstić information content (AvgIpc) is 2.55. The predicted molar refractivity (Wildman–Crippen MR) is 84.7 cm³/mol. The van der Waals surface area contributed by atoms with Crippen molar-refractivity contribution in [3.63, 3.8) is 0 Å². The van der Waals surface area contributed by atoms with Crippen LogP contribution in [0.4, 0.5) is 0 Å². The van der Waals surface area contributed by atoms with E-state index in [1.165, 1.54) is 6.07 Å². The van der Waals surface area contributed by atoms with Crippen molar-refractivity contribution in [1.82, 2.24) is 20.5 Å². The van der Waals surface area contributed by atoms with Gasteiger partial charge in [-0.05, 0) is 30.0 Å². The van der Waals surface area contributed by atoms with Gasteiger partial charge in [0.25, 0.3) is 11.1 Å². The average molecular weight is 296 g/mol. The van der Waals surface area contributed by atoms with Crippen LogP contribution in [0.2, 0.25) is 0 Å². The van der Waals surface area contributed by atoms with Crippen LogP contribution in [0.1, 0.15) is 24.2 Å². The summed E-state index contributed by atoms with van der Waals surface area (Å²) in [5, 5.41) is 11.4. The van der Waals surface area contributed by atoms with Gasteiger partial charge in [0.15, 0.2) is 0 Å². The molecule has 3 rings (SSSR count). The summed E-state index contributed by atoms with van der Waals surface area (Å²) in [6, 6.07) is 10.6. The highest BCUT2D eigenvalue weighted by Gasteiger charge is 2.09. The summed E-state index contributed by atoms with van der Waals surface area (Å²) in [6.45, 7) is 2.55. The minimum absolute atomic E-state index is 0.0254. The molecule has 22 heavy (non-hydrogen) atoms. The number of aromatic nitrogens is 3. The fourth-order valence-corrected chi connectivity index (χ4v) is 2.38. The van der Waals surface area contributed by atoms with Gasteiger partial charge in [0.2, 0.25) is 0 Å². The molecule has 0 spiro atoms. The van der Waals surface area contributed by atoms with Gasteiger partial charge in [-0.25, -0.2) is 5.10 Å². The summed E-state index contributed by atoms with van der Waals surface area (Å²) < 4.78 is 0. The Kier molecular flexibility index (Phi) is 3.84. The molecule has 0 aliphatic carbocycles. The van der Waals surface area contributed by atoms with E-state index in [9.17, 15) is 9.59 Å². The Labute approximate surface area is 126 Å². The fraction of sp³-hybridized carbons (Fsp3) is 0.188. The molecule has 6 heteroatoms. The third kappa shape index (κ3) is 2.82. The first kappa shape index (κ1) is 14.2. The van der Waals surface area contributed by atoms with Crippen LogP contribution in [0, 0.1) is 0 Å². The highest BCUT2D eigenvalue weighted by Crippen LogP contribution is 2.15. The van der Waals surface area contributed by atoms with Crippen LogP contribution in [0.5, 0.6) is 0 Å². The van der Waals surface area contributed by atoms with Crippen LogP contribution < -0.4 is 16.4 Å². The number of hydrogen-bond donors (Lipinski definition) is 3. The quantitative estimate of drug-likeness (QED) is 0.680. The maximum atomic E-state index is 11.8. The smallest absolute Gasteiger partial charge is 0.264 e. The van der Waals surface area contributed by atoms with E-state index in [1.807, 2.05) is 31.2 Å². The van der Waals surface area contributed by atoms with Crippen LogP contribution in [0.3, 0.4) is 0 Å². The molecule has 0 bridgehead atoms. The van der Waals surface area contributed by atoms with Crippen molar-refractivity contribution in [3.8, 4) is 0 Å². The topological polar surface area (TPSA) is 90.6 Å². The van der Waals surface area contributed by atoms with Gasteiger partial charge in [-0.15, -0.1) is 0 Å². The number of fused-ring (bicyclic) bond motifs is 1. The summed E-state index contributed by atoms with van der Waals surface area (Å²) in [6.07, 6.45) is 1.73. The first-order chi connectivity index (χ1) is 10.6. The molecular weight excluding hydrogens is 280 g/mol. The maximum absolute atomic E-state index is 11.8. The van der Waals surface area contributed by atoms with Gasteiger partial charge in [0.05, 0.1) is 5.69 Å². The van der Waals surface area contributed by atoms with E-state index in [1.54, 1.807) is 12.3 Å². The summed E-state index contributed by atoms with van der Waals surface area (Å²) in [5.41, 5.74) is 1.46. The number of hydrogen-bond acceptors (Lipinski definition) is 4. The van der Waals surface area contributed by atoms with Crippen molar-refractivity contribution in [2.75, 3.05) is 0 Å². The van der Waals surface area contributed by atoms with Crippen LogP contribution in [0.15, 0.2) is 52.2 Å². The van der Waals surface area contributed by atoms with Crippen molar-refractivity contribution in [3.05, 3.63) is 74.6 Å². The molecule has 0 fully saturated rings. The van der Waals surface area contributed by atoms with E-state index in [4.69, 9.17) is 0 Å². The van der Waals surface area contributed by atoms with E-state index in [-0.39, 0.29) is 17.2 Å². The molecular formula is C16H16N4O2. The van der Waals surface area contributed by atoms with E-state index >= 15 is 0 Å². The zero-order chi connectivity index (χ0) is 15.5. The second-order valence-corrected chi connectivity index (χ2v) is 5.14. The lowest BCUT2D eigenvalue weighted by Crippen LogP contribution is -2.22. The van der Waals surface area contributed by atoms with Crippen LogP contribution in [-0.2, 0) is 6.54 Å². The van der Waals surface area contributed by atoms with Gasteiger partial charge >= 0.3 is 0 Å². The Morgan fingerprint density at radius 3 is 2.64 bits per heavy atom. The standard InChI is InChI=1S/C16H16N4O2/c1-10(14-6-7-15(21)20-19-14)17-8-11-9-18-16(22)13-5-3-2-4-12(11)13/h2-7,9-10,17H,8H2,1H3,(H,18,22)(H,20,21). The number of nitrogens with one attached hydrogen (secondary N) is 3. The minimum atomic E-state index is -0.220.